The predicted octanol–water partition coefficient (Wildman–Crippen LogP) is 1.74. The number of rotatable bonds is 3. The van der Waals surface area contributed by atoms with E-state index in [-0.39, 0.29) is 18.0 Å². The van der Waals surface area contributed by atoms with Gasteiger partial charge in [-0.3, -0.25) is 0 Å². The first-order valence-electron chi connectivity index (χ1n) is 7.79. The Morgan fingerprint density at radius 3 is 3.10 bits per heavy atom. The van der Waals surface area contributed by atoms with Crippen LogP contribution in [0.15, 0.2) is 12.4 Å². The lowest BCUT2D eigenvalue weighted by molar-refractivity contribution is 0.0123. The van der Waals surface area contributed by atoms with Crippen molar-refractivity contribution in [3.05, 3.63) is 18.2 Å². The highest BCUT2D eigenvalue weighted by Crippen LogP contribution is 2.35. The maximum atomic E-state index is 12.1. The van der Waals surface area contributed by atoms with Crippen LogP contribution in [0.2, 0.25) is 0 Å². The zero-order valence-electron chi connectivity index (χ0n) is 12.7. The minimum atomic E-state index is -0.751. The van der Waals surface area contributed by atoms with Crippen molar-refractivity contribution in [3.8, 4) is 0 Å². The Balaban J connectivity index is 1.54. The lowest BCUT2D eigenvalue weighted by atomic mass is 9.92. The third kappa shape index (κ3) is 2.64. The highest BCUT2D eigenvalue weighted by atomic mass is 16.3. The molecule has 0 aromatic carbocycles. The van der Waals surface area contributed by atoms with Gasteiger partial charge in [0.05, 0.1) is 11.6 Å². The fourth-order valence-corrected chi connectivity index (χ4v) is 3.59. The number of carbonyl (C=O) groups excluding carboxylic acids is 1. The number of nitrogens with one attached hydrogen (secondary N) is 2. The monoisotopic (exact) mass is 292 g/mol. The number of aromatic nitrogens is 2. The van der Waals surface area contributed by atoms with Gasteiger partial charge in [-0.1, -0.05) is 13.3 Å². The first-order chi connectivity index (χ1) is 9.99. The van der Waals surface area contributed by atoms with Gasteiger partial charge < -0.3 is 20.3 Å². The van der Waals surface area contributed by atoms with Crippen LogP contribution >= 0.6 is 0 Å². The molecule has 21 heavy (non-hydrogen) atoms. The molecule has 2 aliphatic rings. The Labute approximate surface area is 124 Å². The van der Waals surface area contributed by atoms with E-state index < -0.39 is 5.60 Å². The SMILES string of the molecule is CC1CC(NC(=O)NCC2(O)CCCC2C)c2nccn21. The lowest BCUT2D eigenvalue weighted by Crippen LogP contribution is -2.48. The number of amides is 2. The number of aliphatic hydroxyl groups is 1. The second kappa shape index (κ2) is 5.33. The van der Waals surface area contributed by atoms with Crippen LogP contribution < -0.4 is 10.6 Å². The van der Waals surface area contributed by atoms with Crippen LogP contribution in [-0.4, -0.2) is 32.8 Å². The first-order valence-corrected chi connectivity index (χ1v) is 7.79. The third-order valence-corrected chi connectivity index (χ3v) is 5.09. The third-order valence-electron chi connectivity index (χ3n) is 5.09. The second-order valence-electron chi connectivity index (χ2n) is 6.55. The standard InChI is InChI=1S/C15H24N4O2/c1-10-4-3-5-15(10,21)9-17-14(20)18-12-8-11(2)19-7-6-16-13(12)19/h6-7,10-12,21H,3-5,8-9H2,1-2H3,(H2,17,18,20). The average Bonchev–Trinajstić information content (AvgIpc) is 3.10. The smallest absolute Gasteiger partial charge is 0.315 e. The fourth-order valence-electron chi connectivity index (χ4n) is 3.59. The molecule has 2 heterocycles. The molecule has 116 valence electrons. The molecule has 1 aliphatic carbocycles. The summed E-state index contributed by atoms with van der Waals surface area (Å²) in [6.45, 7) is 4.48. The van der Waals surface area contributed by atoms with Gasteiger partial charge in [0.25, 0.3) is 0 Å². The van der Waals surface area contributed by atoms with E-state index in [9.17, 15) is 9.90 Å². The van der Waals surface area contributed by atoms with Crippen molar-refractivity contribution in [2.24, 2.45) is 5.92 Å². The zero-order valence-corrected chi connectivity index (χ0v) is 12.7. The minimum absolute atomic E-state index is 0.0503. The van der Waals surface area contributed by atoms with E-state index >= 15 is 0 Å². The molecule has 4 unspecified atom stereocenters. The maximum absolute atomic E-state index is 12.1. The highest BCUT2D eigenvalue weighted by molar-refractivity contribution is 5.74. The molecule has 2 amide bonds. The largest absolute Gasteiger partial charge is 0.388 e. The van der Waals surface area contributed by atoms with Gasteiger partial charge in [-0.25, -0.2) is 9.78 Å². The minimum Gasteiger partial charge on any atom is -0.388 e. The van der Waals surface area contributed by atoms with Crippen LogP contribution in [0.5, 0.6) is 0 Å². The van der Waals surface area contributed by atoms with Crippen molar-refractivity contribution in [1.29, 1.82) is 0 Å². The Kier molecular flexibility index (Phi) is 3.65. The Hall–Kier alpha value is -1.56. The highest BCUT2D eigenvalue weighted by Gasteiger charge is 2.38. The average molecular weight is 292 g/mol. The van der Waals surface area contributed by atoms with Crippen molar-refractivity contribution in [3.63, 3.8) is 0 Å². The summed E-state index contributed by atoms with van der Waals surface area (Å²) in [4.78, 5) is 16.4. The number of urea groups is 1. The van der Waals surface area contributed by atoms with Crippen molar-refractivity contribution >= 4 is 6.03 Å². The summed E-state index contributed by atoms with van der Waals surface area (Å²) in [6.07, 6.45) is 7.38. The van der Waals surface area contributed by atoms with Gasteiger partial charge in [0.2, 0.25) is 0 Å². The number of imidazole rings is 1. The molecule has 1 fully saturated rings. The second-order valence-corrected chi connectivity index (χ2v) is 6.55. The Morgan fingerprint density at radius 2 is 2.38 bits per heavy atom. The zero-order chi connectivity index (χ0) is 15.0. The van der Waals surface area contributed by atoms with Crippen LogP contribution in [0.3, 0.4) is 0 Å². The quantitative estimate of drug-likeness (QED) is 0.794. The van der Waals surface area contributed by atoms with E-state index in [0.717, 1.165) is 31.5 Å². The van der Waals surface area contributed by atoms with Crippen LogP contribution in [0.4, 0.5) is 4.79 Å². The summed E-state index contributed by atoms with van der Waals surface area (Å²) in [7, 11) is 0. The predicted molar refractivity (Wildman–Crippen MR) is 78.8 cm³/mol. The van der Waals surface area contributed by atoms with Crippen molar-refractivity contribution in [2.45, 2.75) is 57.2 Å². The molecule has 1 saturated carbocycles. The van der Waals surface area contributed by atoms with Crippen molar-refractivity contribution < 1.29 is 9.90 Å². The maximum Gasteiger partial charge on any atom is 0.315 e. The fraction of sp³-hybridized carbons (Fsp3) is 0.733. The van der Waals surface area contributed by atoms with Crippen LogP contribution in [0.25, 0.3) is 0 Å². The summed E-state index contributed by atoms with van der Waals surface area (Å²) < 4.78 is 2.09. The van der Waals surface area contributed by atoms with Gasteiger partial charge in [-0.05, 0) is 32.1 Å². The summed E-state index contributed by atoms with van der Waals surface area (Å²) in [5.41, 5.74) is -0.751. The number of hydrogen-bond donors (Lipinski definition) is 3. The molecule has 3 N–H and O–H groups in total. The van der Waals surface area contributed by atoms with E-state index in [2.05, 4.69) is 27.1 Å². The molecule has 0 bridgehead atoms. The normalized spacial score (nSPS) is 34.7. The molecule has 4 atom stereocenters. The van der Waals surface area contributed by atoms with E-state index in [4.69, 9.17) is 0 Å². The Morgan fingerprint density at radius 1 is 1.57 bits per heavy atom. The lowest BCUT2D eigenvalue weighted by Gasteiger charge is -2.28. The summed E-state index contributed by atoms with van der Waals surface area (Å²) >= 11 is 0. The van der Waals surface area contributed by atoms with Gasteiger partial charge >= 0.3 is 6.03 Å². The Bertz CT molecular complexity index is 529. The molecule has 0 saturated heterocycles. The van der Waals surface area contributed by atoms with Gasteiger partial charge in [-0.2, -0.15) is 0 Å². The number of carbonyl (C=O) groups is 1. The van der Waals surface area contributed by atoms with Crippen LogP contribution in [0, 0.1) is 5.92 Å². The molecule has 3 rings (SSSR count). The van der Waals surface area contributed by atoms with Crippen molar-refractivity contribution in [2.75, 3.05) is 6.54 Å². The molecular weight excluding hydrogens is 268 g/mol. The molecule has 6 heteroatoms. The van der Waals surface area contributed by atoms with Crippen molar-refractivity contribution in [1.82, 2.24) is 20.2 Å². The first kappa shape index (κ1) is 14.4. The number of nitrogens with zero attached hydrogens (tertiary/aromatic N) is 2. The number of fused-ring (bicyclic) bond motifs is 1. The summed E-state index contributed by atoms with van der Waals surface area (Å²) in [5, 5.41) is 16.3. The van der Waals surface area contributed by atoms with E-state index in [1.807, 2.05) is 13.1 Å². The molecule has 1 aromatic heterocycles. The van der Waals surface area contributed by atoms with Crippen LogP contribution in [-0.2, 0) is 0 Å². The molecule has 1 aromatic rings. The van der Waals surface area contributed by atoms with Gasteiger partial charge in [0, 0.05) is 25.0 Å². The van der Waals surface area contributed by atoms with Crippen LogP contribution in [0.1, 0.15) is 57.4 Å². The molecule has 0 radical (unpaired) electrons. The van der Waals surface area contributed by atoms with E-state index in [1.165, 1.54) is 0 Å². The van der Waals surface area contributed by atoms with E-state index in [0.29, 0.717) is 12.6 Å². The van der Waals surface area contributed by atoms with Gasteiger partial charge in [-0.15, -0.1) is 0 Å². The molecule has 6 nitrogen and oxygen atoms in total. The topological polar surface area (TPSA) is 79.2 Å². The van der Waals surface area contributed by atoms with Gasteiger partial charge in [0.1, 0.15) is 5.82 Å². The molecule has 0 spiro atoms. The summed E-state index contributed by atoms with van der Waals surface area (Å²) in [5.74, 6) is 1.15. The molecule has 1 aliphatic heterocycles. The van der Waals surface area contributed by atoms with E-state index in [1.54, 1.807) is 6.20 Å². The van der Waals surface area contributed by atoms with Gasteiger partial charge in [0.15, 0.2) is 0 Å². The summed E-state index contributed by atoms with van der Waals surface area (Å²) in [6, 6.07) is 0.0775. The molecular formula is C15H24N4O2. The number of hydrogen-bond acceptors (Lipinski definition) is 3.